The molecule has 8 heteroatoms. The van der Waals surface area contributed by atoms with E-state index >= 15 is 0 Å². The maximum absolute atomic E-state index is 13.0. The maximum atomic E-state index is 13.0. The number of aryl methyl sites for hydroxylation is 2. The highest BCUT2D eigenvalue weighted by Crippen LogP contribution is 2.33. The summed E-state index contributed by atoms with van der Waals surface area (Å²) < 4.78 is 33.9. The molecule has 0 radical (unpaired) electrons. The molecule has 0 aliphatic carbocycles. The van der Waals surface area contributed by atoms with Crippen LogP contribution in [-0.2, 0) is 10.0 Å². The van der Waals surface area contributed by atoms with E-state index in [0.717, 1.165) is 16.7 Å². The zero-order valence-corrected chi connectivity index (χ0v) is 18.1. The lowest BCUT2D eigenvalue weighted by Crippen LogP contribution is -2.15. The summed E-state index contributed by atoms with van der Waals surface area (Å²) in [6.45, 7) is 7.75. The van der Waals surface area contributed by atoms with Gasteiger partial charge in [-0.15, -0.1) is 10.2 Å². The van der Waals surface area contributed by atoms with Gasteiger partial charge in [0.25, 0.3) is 10.0 Å². The van der Waals surface area contributed by atoms with Gasteiger partial charge in [0.05, 0.1) is 12.0 Å². The van der Waals surface area contributed by atoms with Crippen LogP contribution in [0, 0.1) is 13.8 Å². The Bertz CT molecular complexity index is 1090. The molecule has 0 atom stereocenters. The van der Waals surface area contributed by atoms with Gasteiger partial charge in [0.2, 0.25) is 5.13 Å². The molecule has 0 unspecified atom stereocenters. The summed E-state index contributed by atoms with van der Waals surface area (Å²) in [5, 5.41) is 9.00. The SMILES string of the molecule is COc1cc(C)c(S(=O)(=O)Nc2nnc(-c3ccc(C)cc3)s2)cc1C(C)C. The number of ether oxygens (including phenoxy) is 1. The quantitative estimate of drug-likeness (QED) is 0.626. The number of sulfonamides is 1. The lowest BCUT2D eigenvalue weighted by atomic mass is 10.0. The Labute approximate surface area is 169 Å². The van der Waals surface area contributed by atoms with Gasteiger partial charge in [0.15, 0.2) is 0 Å². The molecule has 0 aliphatic rings. The van der Waals surface area contributed by atoms with Crippen LogP contribution in [0.5, 0.6) is 5.75 Å². The number of rotatable bonds is 6. The zero-order chi connectivity index (χ0) is 20.5. The fraction of sp³-hybridized carbons (Fsp3) is 0.300. The molecular formula is C20H23N3O3S2. The Morgan fingerprint density at radius 3 is 2.36 bits per heavy atom. The molecule has 3 rings (SSSR count). The highest BCUT2D eigenvalue weighted by atomic mass is 32.2. The Kier molecular flexibility index (Phi) is 5.71. The minimum atomic E-state index is -3.80. The molecule has 0 saturated heterocycles. The van der Waals surface area contributed by atoms with Crippen LogP contribution in [-0.4, -0.2) is 25.7 Å². The Balaban J connectivity index is 1.92. The van der Waals surface area contributed by atoms with E-state index in [4.69, 9.17) is 4.74 Å². The summed E-state index contributed by atoms with van der Waals surface area (Å²) >= 11 is 1.20. The van der Waals surface area contributed by atoms with Crippen LogP contribution in [0.2, 0.25) is 0 Å². The summed E-state index contributed by atoms with van der Waals surface area (Å²) in [5.74, 6) is 0.809. The van der Waals surface area contributed by atoms with Gasteiger partial charge in [0, 0.05) is 5.56 Å². The van der Waals surface area contributed by atoms with E-state index in [-0.39, 0.29) is 15.9 Å². The smallest absolute Gasteiger partial charge is 0.263 e. The van der Waals surface area contributed by atoms with Crippen LogP contribution < -0.4 is 9.46 Å². The van der Waals surface area contributed by atoms with E-state index in [9.17, 15) is 8.42 Å². The van der Waals surface area contributed by atoms with E-state index < -0.39 is 10.0 Å². The van der Waals surface area contributed by atoms with Gasteiger partial charge in [-0.2, -0.15) is 0 Å². The predicted octanol–water partition coefficient (Wildman–Crippen LogP) is 4.75. The highest BCUT2D eigenvalue weighted by molar-refractivity contribution is 7.93. The standard InChI is InChI=1S/C20H23N3O3S2/c1-12(2)16-11-18(14(4)10-17(16)26-5)28(24,25)23-20-22-21-19(27-20)15-8-6-13(3)7-9-15/h6-12H,1-5H3,(H,22,23). The maximum Gasteiger partial charge on any atom is 0.263 e. The summed E-state index contributed by atoms with van der Waals surface area (Å²) in [7, 11) is -2.21. The van der Waals surface area contributed by atoms with Crippen LogP contribution in [0.15, 0.2) is 41.3 Å². The average Bonchev–Trinajstić information content (AvgIpc) is 3.09. The van der Waals surface area contributed by atoms with Gasteiger partial charge < -0.3 is 4.74 Å². The fourth-order valence-electron chi connectivity index (χ4n) is 2.84. The van der Waals surface area contributed by atoms with Gasteiger partial charge in [-0.05, 0) is 43.0 Å². The minimum Gasteiger partial charge on any atom is -0.496 e. The number of aromatic nitrogens is 2. The lowest BCUT2D eigenvalue weighted by Gasteiger charge is -2.16. The lowest BCUT2D eigenvalue weighted by molar-refractivity contribution is 0.406. The predicted molar refractivity (Wildman–Crippen MR) is 113 cm³/mol. The summed E-state index contributed by atoms with van der Waals surface area (Å²) in [6, 6.07) is 11.3. The van der Waals surface area contributed by atoms with Gasteiger partial charge in [-0.25, -0.2) is 8.42 Å². The first-order chi connectivity index (χ1) is 13.2. The Hall–Kier alpha value is -2.45. The van der Waals surface area contributed by atoms with Crippen LogP contribution in [0.1, 0.15) is 36.5 Å². The van der Waals surface area contributed by atoms with Gasteiger partial charge in [0.1, 0.15) is 10.8 Å². The third-order valence-corrected chi connectivity index (χ3v) is 6.88. The minimum absolute atomic E-state index is 0.124. The molecule has 1 aromatic heterocycles. The highest BCUT2D eigenvalue weighted by Gasteiger charge is 2.22. The number of hydrogen-bond acceptors (Lipinski definition) is 6. The van der Waals surface area contributed by atoms with Crippen molar-refractivity contribution in [2.24, 2.45) is 0 Å². The molecule has 3 aromatic rings. The molecule has 148 valence electrons. The third kappa shape index (κ3) is 4.18. The van der Waals surface area contributed by atoms with Crippen LogP contribution in [0.3, 0.4) is 0 Å². The molecule has 1 heterocycles. The molecule has 0 saturated carbocycles. The molecule has 0 bridgehead atoms. The Morgan fingerprint density at radius 1 is 1.07 bits per heavy atom. The van der Waals surface area contributed by atoms with Crippen molar-refractivity contribution in [1.29, 1.82) is 0 Å². The second kappa shape index (κ2) is 7.89. The first-order valence-electron chi connectivity index (χ1n) is 8.83. The van der Waals surface area contributed by atoms with Crippen molar-refractivity contribution in [2.45, 2.75) is 38.5 Å². The van der Waals surface area contributed by atoms with Crippen molar-refractivity contribution in [3.8, 4) is 16.3 Å². The number of anilines is 1. The van der Waals surface area contributed by atoms with E-state index in [1.807, 2.05) is 45.0 Å². The van der Waals surface area contributed by atoms with Gasteiger partial charge >= 0.3 is 0 Å². The monoisotopic (exact) mass is 417 g/mol. The number of methoxy groups -OCH3 is 1. The second-order valence-corrected chi connectivity index (χ2v) is 9.53. The number of hydrogen-bond donors (Lipinski definition) is 1. The molecule has 0 fully saturated rings. The number of nitrogens with zero attached hydrogens (tertiary/aromatic N) is 2. The molecule has 1 N–H and O–H groups in total. The summed E-state index contributed by atoms with van der Waals surface area (Å²) in [6.07, 6.45) is 0. The molecule has 6 nitrogen and oxygen atoms in total. The van der Waals surface area contributed by atoms with Crippen LogP contribution in [0.4, 0.5) is 5.13 Å². The topological polar surface area (TPSA) is 81.2 Å². The molecule has 0 aliphatic heterocycles. The van der Waals surface area contributed by atoms with Crippen molar-refractivity contribution in [3.63, 3.8) is 0 Å². The summed E-state index contributed by atoms with van der Waals surface area (Å²) in [5.41, 5.74) is 3.49. The fourth-order valence-corrected chi connectivity index (χ4v) is 5.08. The van der Waals surface area contributed by atoms with Crippen molar-refractivity contribution in [3.05, 3.63) is 53.1 Å². The van der Waals surface area contributed by atoms with Crippen LogP contribution in [0.25, 0.3) is 10.6 Å². The molecule has 0 spiro atoms. The number of benzene rings is 2. The van der Waals surface area contributed by atoms with Crippen molar-refractivity contribution < 1.29 is 13.2 Å². The van der Waals surface area contributed by atoms with E-state index in [1.165, 1.54) is 11.3 Å². The summed E-state index contributed by atoms with van der Waals surface area (Å²) in [4.78, 5) is 0.212. The third-order valence-electron chi connectivity index (χ3n) is 4.38. The van der Waals surface area contributed by atoms with Crippen molar-refractivity contribution in [2.75, 3.05) is 11.8 Å². The van der Waals surface area contributed by atoms with Gasteiger partial charge in [-0.3, -0.25) is 4.72 Å². The second-order valence-electron chi connectivity index (χ2n) is 6.90. The largest absolute Gasteiger partial charge is 0.496 e. The molecule has 0 amide bonds. The van der Waals surface area contributed by atoms with Crippen molar-refractivity contribution >= 4 is 26.5 Å². The van der Waals surface area contributed by atoms with Crippen molar-refractivity contribution in [1.82, 2.24) is 10.2 Å². The first-order valence-corrected chi connectivity index (χ1v) is 11.1. The average molecular weight is 418 g/mol. The van der Waals surface area contributed by atoms with E-state index in [1.54, 1.807) is 26.2 Å². The molecule has 2 aromatic carbocycles. The molecule has 28 heavy (non-hydrogen) atoms. The Morgan fingerprint density at radius 2 is 1.75 bits per heavy atom. The van der Waals surface area contributed by atoms with E-state index in [0.29, 0.717) is 16.3 Å². The zero-order valence-electron chi connectivity index (χ0n) is 16.5. The van der Waals surface area contributed by atoms with Crippen LogP contribution >= 0.6 is 11.3 Å². The molecular weight excluding hydrogens is 394 g/mol. The van der Waals surface area contributed by atoms with E-state index in [2.05, 4.69) is 14.9 Å². The van der Waals surface area contributed by atoms with Gasteiger partial charge in [-0.1, -0.05) is 55.0 Å². The normalized spacial score (nSPS) is 11.6. The number of nitrogens with one attached hydrogen (secondary N) is 1. The first kappa shape index (κ1) is 20.3.